The molecule has 1 aromatic heterocycles. The molecule has 0 fully saturated rings. The molecular formula is C12H12Br3N3. The molecule has 3 nitrogen and oxygen atoms in total. The second-order valence-corrected chi connectivity index (χ2v) is 6.35. The molecule has 0 spiro atoms. The highest BCUT2D eigenvalue weighted by molar-refractivity contribution is 9.11. The van der Waals surface area contributed by atoms with Gasteiger partial charge in [-0.1, -0.05) is 15.9 Å². The molecule has 2 rings (SSSR count). The van der Waals surface area contributed by atoms with Gasteiger partial charge in [0.05, 0.1) is 12.2 Å². The number of halogens is 3. The van der Waals surface area contributed by atoms with Crippen molar-refractivity contribution in [2.45, 2.75) is 20.0 Å². The highest BCUT2D eigenvalue weighted by Crippen LogP contribution is 2.34. The van der Waals surface area contributed by atoms with Crippen molar-refractivity contribution in [2.24, 2.45) is 0 Å². The predicted octanol–water partition coefficient (Wildman–Crippen LogP) is 4.80. The van der Waals surface area contributed by atoms with E-state index in [1.165, 1.54) is 0 Å². The summed E-state index contributed by atoms with van der Waals surface area (Å²) in [6.07, 6.45) is 3.81. The Morgan fingerprint density at radius 3 is 2.50 bits per heavy atom. The smallest absolute Gasteiger partial charge is 0.128 e. The summed E-state index contributed by atoms with van der Waals surface area (Å²) < 4.78 is 5.17. The third kappa shape index (κ3) is 3.16. The lowest BCUT2D eigenvalue weighted by Crippen LogP contribution is -2.08. The van der Waals surface area contributed by atoms with Gasteiger partial charge < -0.3 is 9.88 Å². The van der Waals surface area contributed by atoms with Crippen LogP contribution in [0.2, 0.25) is 0 Å². The van der Waals surface area contributed by atoms with E-state index in [4.69, 9.17) is 0 Å². The monoisotopic (exact) mass is 435 g/mol. The molecule has 0 aliphatic rings. The van der Waals surface area contributed by atoms with Gasteiger partial charge in [0.2, 0.25) is 0 Å². The molecule has 0 unspecified atom stereocenters. The fraction of sp³-hybridized carbons (Fsp3) is 0.250. The summed E-state index contributed by atoms with van der Waals surface area (Å²) in [5, 5.41) is 3.39. The standard InChI is InChI=1S/C12H12Br3N3/c1-2-18-4-3-16-11(18)7-17-12-9(14)5-8(13)6-10(12)15/h3-6,17H,2,7H2,1H3. The second-order valence-electron chi connectivity index (χ2n) is 3.73. The van der Waals surface area contributed by atoms with E-state index >= 15 is 0 Å². The molecule has 6 heteroatoms. The molecule has 96 valence electrons. The highest BCUT2D eigenvalue weighted by Gasteiger charge is 2.08. The molecule has 2 aromatic rings. The van der Waals surface area contributed by atoms with Crippen molar-refractivity contribution in [3.05, 3.63) is 43.8 Å². The minimum atomic E-state index is 0.694. The van der Waals surface area contributed by atoms with Gasteiger partial charge in [-0.3, -0.25) is 0 Å². The van der Waals surface area contributed by atoms with E-state index in [-0.39, 0.29) is 0 Å². The normalized spacial score (nSPS) is 10.7. The Balaban J connectivity index is 2.16. The molecule has 0 aliphatic carbocycles. The van der Waals surface area contributed by atoms with Crippen molar-refractivity contribution in [2.75, 3.05) is 5.32 Å². The number of aryl methyl sites for hydroxylation is 1. The van der Waals surface area contributed by atoms with Gasteiger partial charge in [0.25, 0.3) is 0 Å². The Hall–Kier alpha value is -0.330. The van der Waals surface area contributed by atoms with E-state index in [2.05, 4.69) is 69.6 Å². The van der Waals surface area contributed by atoms with Crippen LogP contribution >= 0.6 is 47.8 Å². The first-order chi connectivity index (χ1) is 8.61. The van der Waals surface area contributed by atoms with Crippen LogP contribution in [0.1, 0.15) is 12.7 Å². The molecule has 0 atom stereocenters. The highest BCUT2D eigenvalue weighted by atomic mass is 79.9. The Kier molecular flexibility index (Phi) is 4.86. The Morgan fingerprint density at radius 1 is 1.22 bits per heavy atom. The number of rotatable bonds is 4. The number of hydrogen-bond donors (Lipinski definition) is 1. The Morgan fingerprint density at radius 2 is 1.89 bits per heavy atom. The van der Waals surface area contributed by atoms with E-state index in [9.17, 15) is 0 Å². The number of hydrogen-bond acceptors (Lipinski definition) is 2. The number of nitrogens with one attached hydrogen (secondary N) is 1. The van der Waals surface area contributed by atoms with Crippen LogP contribution in [0.5, 0.6) is 0 Å². The van der Waals surface area contributed by atoms with E-state index in [0.717, 1.165) is 31.5 Å². The van der Waals surface area contributed by atoms with Gasteiger partial charge in [-0.15, -0.1) is 0 Å². The molecule has 1 N–H and O–H groups in total. The second kappa shape index (κ2) is 6.21. The van der Waals surface area contributed by atoms with Crippen molar-refractivity contribution in [3.8, 4) is 0 Å². The largest absolute Gasteiger partial charge is 0.376 e. The number of aromatic nitrogens is 2. The maximum absolute atomic E-state index is 4.34. The maximum Gasteiger partial charge on any atom is 0.128 e. The first-order valence-electron chi connectivity index (χ1n) is 5.50. The first-order valence-corrected chi connectivity index (χ1v) is 7.88. The van der Waals surface area contributed by atoms with Crippen LogP contribution in [-0.4, -0.2) is 9.55 Å². The van der Waals surface area contributed by atoms with Gasteiger partial charge in [-0.25, -0.2) is 4.98 Å². The van der Waals surface area contributed by atoms with Gasteiger partial charge in [0.1, 0.15) is 5.82 Å². The van der Waals surface area contributed by atoms with E-state index < -0.39 is 0 Å². The average molecular weight is 438 g/mol. The van der Waals surface area contributed by atoms with Crippen LogP contribution in [0.25, 0.3) is 0 Å². The number of anilines is 1. The third-order valence-electron chi connectivity index (χ3n) is 2.57. The summed E-state index contributed by atoms with van der Waals surface area (Å²) in [6.45, 7) is 3.73. The van der Waals surface area contributed by atoms with Gasteiger partial charge in [-0.2, -0.15) is 0 Å². The van der Waals surface area contributed by atoms with Crippen LogP contribution in [0.3, 0.4) is 0 Å². The van der Waals surface area contributed by atoms with Crippen molar-refractivity contribution in [1.29, 1.82) is 0 Å². The predicted molar refractivity (Wildman–Crippen MR) is 84.8 cm³/mol. The number of imidazole rings is 1. The first kappa shape index (κ1) is 14.1. The zero-order valence-electron chi connectivity index (χ0n) is 9.75. The van der Waals surface area contributed by atoms with Gasteiger partial charge in [0.15, 0.2) is 0 Å². The molecule has 0 aliphatic heterocycles. The van der Waals surface area contributed by atoms with Crippen LogP contribution in [0.4, 0.5) is 5.69 Å². The minimum absolute atomic E-state index is 0.694. The van der Waals surface area contributed by atoms with E-state index in [1.54, 1.807) is 0 Å². The van der Waals surface area contributed by atoms with E-state index in [1.807, 2.05) is 24.5 Å². The summed E-state index contributed by atoms with van der Waals surface area (Å²) in [4.78, 5) is 4.34. The lowest BCUT2D eigenvalue weighted by atomic mass is 10.3. The summed E-state index contributed by atoms with van der Waals surface area (Å²) in [7, 11) is 0. The van der Waals surface area contributed by atoms with Crippen LogP contribution < -0.4 is 5.32 Å². The van der Waals surface area contributed by atoms with Gasteiger partial charge in [-0.05, 0) is 50.9 Å². The number of benzene rings is 1. The third-order valence-corrected chi connectivity index (χ3v) is 4.28. The van der Waals surface area contributed by atoms with Crippen molar-refractivity contribution >= 4 is 53.5 Å². The zero-order valence-corrected chi connectivity index (χ0v) is 14.5. The molecular weight excluding hydrogens is 426 g/mol. The Labute approximate surface area is 131 Å². The molecule has 0 saturated carbocycles. The molecule has 1 aromatic carbocycles. The fourth-order valence-corrected chi connectivity index (χ4v) is 4.21. The molecule has 0 radical (unpaired) electrons. The number of nitrogens with zero attached hydrogens (tertiary/aromatic N) is 2. The quantitative estimate of drug-likeness (QED) is 0.744. The summed E-state index contributed by atoms with van der Waals surface area (Å²) >= 11 is 10.6. The topological polar surface area (TPSA) is 29.9 Å². The summed E-state index contributed by atoms with van der Waals surface area (Å²) in [5.74, 6) is 1.03. The maximum atomic E-state index is 4.34. The summed E-state index contributed by atoms with van der Waals surface area (Å²) in [6, 6.07) is 4.03. The molecule has 1 heterocycles. The fourth-order valence-electron chi connectivity index (χ4n) is 1.67. The van der Waals surface area contributed by atoms with Crippen LogP contribution in [0, 0.1) is 0 Å². The zero-order chi connectivity index (χ0) is 13.1. The van der Waals surface area contributed by atoms with Crippen molar-refractivity contribution < 1.29 is 0 Å². The van der Waals surface area contributed by atoms with Crippen LogP contribution in [0.15, 0.2) is 37.9 Å². The Bertz CT molecular complexity index is 528. The van der Waals surface area contributed by atoms with Crippen molar-refractivity contribution in [3.63, 3.8) is 0 Å². The molecule has 0 bridgehead atoms. The average Bonchev–Trinajstić information content (AvgIpc) is 2.75. The summed E-state index contributed by atoms with van der Waals surface area (Å²) in [5.41, 5.74) is 1.03. The SMILES string of the molecule is CCn1ccnc1CNc1c(Br)cc(Br)cc1Br. The van der Waals surface area contributed by atoms with Crippen molar-refractivity contribution in [1.82, 2.24) is 9.55 Å². The van der Waals surface area contributed by atoms with Crippen LogP contribution in [-0.2, 0) is 13.1 Å². The van der Waals surface area contributed by atoms with Gasteiger partial charge >= 0.3 is 0 Å². The van der Waals surface area contributed by atoms with Gasteiger partial charge in [0, 0.05) is 32.4 Å². The minimum Gasteiger partial charge on any atom is -0.376 e. The molecule has 18 heavy (non-hydrogen) atoms. The lowest BCUT2D eigenvalue weighted by molar-refractivity contribution is 0.708. The molecule has 0 amide bonds. The lowest BCUT2D eigenvalue weighted by Gasteiger charge is -2.12. The molecule has 0 saturated heterocycles. The van der Waals surface area contributed by atoms with E-state index in [0.29, 0.717) is 6.54 Å².